The van der Waals surface area contributed by atoms with Gasteiger partial charge in [-0.25, -0.2) is 4.79 Å². The minimum absolute atomic E-state index is 0.0556. The molecule has 0 spiro atoms. The van der Waals surface area contributed by atoms with Gasteiger partial charge in [0.05, 0.1) is 17.0 Å². The molecule has 0 radical (unpaired) electrons. The second-order valence-corrected chi connectivity index (χ2v) is 8.28. The Hall–Kier alpha value is -3.38. The number of amides is 3. The molecular weight excluding hydrogens is 424 g/mol. The maximum absolute atomic E-state index is 13.1. The van der Waals surface area contributed by atoms with Gasteiger partial charge in [-0.15, -0.1) is 0 Å². The van der Waals surface area contributed by atoms with Crippen LogP contribution in [0.4, 0.5) is 10.5 Å². The van der Waals surface area contributed by atoms with E-state index in [1.807, 2.05) is 68.4 Å². The third-order valence-electron chi connectivity index (χ3n) is 5.66. The van der Waals surface area contributed by atoms with E-state index < -0.39 is 0 Å². The van der Waals surface area contributed by atoms with Crippen molar-refractivity contribution in [2.75, 3.05) is 31.5 Å². The maximum Gasteiger partial charge on any atom is 0.321 e. The van der Waals surface area contributed by atoms with Crippen molar-refractivity contribution in [3.8, 4) is 11.3 Å². The van der Waals surface area contributed by atoms with Gasteiger partial charge < -0.3 is 15.1 Å². The Morgan fingerprint density at radius 1 is 0.906 bits per heavy atom. The predicted molar refractivity (Wildman–Crippen MR) is 127 cm³/mol. The summed E-state index contributed by atoms with van der Waals surface area (Å²) in [6, 6.07) is 18.9. The highest BCUT2D eigenvalue weighted by Crippen LogP contribution is 2.22. The van der Waals surface area contributed by atoms with Crippen molar-refractivity contribution in [3.05, 3.63) is 82.5 Å². The van der Waals surface area contributed by atoms with Crippen LogP contribution in [-0.4, -0.2) is 52.9 Å². The van der Waals surface area contributed by atoms with Crippen molar-refractivity contribution in [2.45, 2.75) is 13.8 Å². The van der Waals surface area contributed by atoms with E-state index in [0.29, 0.717) is 48.1 Å². The smallest absolute Gasteiger partial charge is 0.321 e. The summed E-state index contributed by atoms with van der Waals surface area (Å²) in [7, 11) is 0. The van der Waals surface area contributed by atoms with E-state index in [9.17, 15) is 9.59 Å². The summed E-state index contributed by atoms with van der Waals surface area (Å²) in [5.74, 6) is -0.0556. The third-order valence-corrected chi connectivity index (χ3v) is 6.07. The summed E-state index contributed by atoms with van der Waals surface area (Å²) >= 11 is 6.14. The first-order valence-corrected chi connectivity index (χ1v) is 10.9. The average molecular weight is 449 g/mol. The van der Waals surface area contributed by atoms with Crippen molar-refractivity contribution in [1.82, 2.24) is 14.8 Å². The molecule has 6 nitrogen and oxygen atoms in total. The summed E-state index contributed by atoms with van der Waals surface area (Å²) in [6.07, 6.45) is 0. The lowest BCUT2D eigenvalue weighted by molar-refractivity contribution is 0.0670. The van der Waals surface area contributed by atoms with Crippen LogP contribution in [0.25, 0.3) is 11.3 Å². The number of rotatable bonds is 3. The number of aryl methyl sites for hydroxylation is 2. The SMILES string of the molecule is Cc1ccc(NC(=O)N2CCN(C(=O)c3ccc(-c4ccccc4)nc3C)CC2)cc1Cl. The summed E-state index contributed by atoms with van der Waals surface area (Å²) in [5, 5.41) is 3.49. The lowest BCUT2D eigenvalue weighted by Crippen LogP contribution is -2.51. The van der Waals surface area contributed by atoms with Gasteiger partial charge in [-0.3, -0.25) is 9.78 Å². The molecule has 3 aromatic rings. The van der Waals surface area contributed by atoms with E-state index in [1.165, 1.54) is 0 Å². The van der Waals surface area contributed by atoms with Gasteiger partial charge in [-0.05, 0) is 43.7 Å². The van der Waals surface area contributed by atoms with Crippen LogP contribution in [0.1, 0.15) is 21.6 Å². The predicted octanol–water partition coefficient (Wildman–Crippen LogP) is 5.01. The number of carbonyl (C=O) groups excluding carboxylic acids is 2. The molecule has 1 saturated heterocycles. The fourth-order valence-corrected chi connectivity index (χ4v) is 3.89. The van der Waals surface area contributed by atoms with E-state index in [0.717, 1.165) is 16.8 Å². The quantitative estimate of drug-likeness (QED) is 0.612. The molecule has 0 unspecified atom stereocenters. The standard InChI is InChI=1S/C25H25ClN4O2/c1-17-8-9-20(16-22(17)26)28-25(32)30-14-12-29(13-15-30)24(31)21-10-11-23(27-18(21)2)19-6-4-3-5-7-19/h3-11,16H,12-15H2,1-2H3,(H,28,32). The van der Waals surface area contributed by atoms with Gasteiger partial charge in [-0.1, -0.05) is 48.0 Å². The van der Waals surface area contributed by atoms with Crippen molar-refractivity contribution in [2.24, 2.45) is 0 Å². The van der Waals surface area contributed by atoms with Crippen molar-refractivity contribution in [1.29, 1.82) is 0 Å². The van der Waals surface area contributed by atoms with Crippen LogP contribution in [-0.2, 0) is 0 Å². The number of hydrogen-bond acceptors (Lipinski definition) is 3. The molecule has 1 aromatic heterocycles. The molecular formula is C25H25ClN4O2. The van der Waals surface area contributed by atoms with Crippen LogP contribution in [0, 0.1) is 13.8 Å². The van der Waals surface area contributed by atoms with Crippen LogP contribution >= 0.6 is 11.6 Å². The van der Waals surface area contributed by atoms with E-state index in [1.54, 1.807) is 15.9 Å². The average Bonchev–Trinajstić information content (AvgIpc) is 2.81. The molecule has 0 atom stereocenters. The summed E-state index contributed by atoms with van der Waals surface area (Å²) in [5.41, 5.74) is 4.77. The van der Waals surface area contributed by atoms with Gasteiger partial charge in [0.1, 0.15) is 0 Å². The van der Waals surface area contributed by atoms with E-state index in [4.69, 9.17) is 11.6 Å². The number of hydrogen-bond donors (Lipinski definition) is 1. The Labute approximate surface area is 192 Å². The Bertz CT molecular complexity index is 1140. The highest BCUT2D eigenvalue weighted by atomic mass is 35.5. The normalized spacial score (nSPS) is 13.7. The number of nitrogens with zero attached hydrogens (tertiary/aromatic N) is 3. The minimum Gasteiger partial charge on any atom is -0.335 e. The maximum atomic E-state index is 13.1. The Morgan fingerprint density at radius 3 is 2.25 bits per heavy atom. The van der Waals surface area contributed by atoms with E-state index >= 15 is 0 Å². The molecule has 1 fully saturated rings. The third kappa shape index (κ3) is 4.75. The van der Waals surface area contributed by atoms with E-state index in [-0.39, 0.29) is 11.9 Å². The number of aromatic nitrogens is 1. The zero-order valence-corrected chi connectivity index (χ0v) is 18.9. The zero-order chi connectivity index (χ0) is 22.7. The second kappa shape index (κ2) is 9.40. The van der Waals surface area contributed by atoms with Gasteiger partial charge in [0, 0.05) is 42.5 Å². The van der Waals surface area contributed by atoms with Gasteiger partial charge >= 0.3 is 6.03 Å². The highest BCUT2D eigenvalue weighted by molar-refractivity contribution is 6.31. The van der Waals surface area contributed by atoms with Crippen molar-refractivity contribution in [3.63, 3.8) is 0 Å². The lowest BCUT2D eigenvalue weighted by Gasteiger charge is -2.35. The second-order valence-electron chi connectivity index (χ2n) is 7.87. The first kappa shape index (κ1) is 21.8. The number of nitrogens with one attached hydrogen (secondary N) is 1. The Kier molecular flexibility index (Phi) is 6.42. The Balaban J connectivity index is 1.37. The fourth-order valence-electron chi connectivity index (χ4n) is 3.71. The lowest BCUT2D eigenvalue weighted by atomic mass is 10.1. The minimum atomic E-state index is -0.193. The number of anilines is 1. The van der Waals surface area contributed by atoms with Crippen LogP contribution in [0.2, 0.25) is 5.02 Å². The molecule has 4 rings (SSSR count). The molecule has 32 heavy (non-hydrogen) atoms. The summed E-state index contributed by atoms with van der Waals surface area (Å²) < 4.78 is 0. The number of benzene rings is 2. The van der Waals surface area contributed by atoms with Gasteiger partial charge in [0.2, 0.25) is 0 Å². The molecule has 0 aliphatic carbocycles. The highest BCUT2D eigenvalue weighted by Gasteiger charge is 2.26. The molecule has 164 valence electrons. The summed E-state index contributed by atoms with van der Waals surface area (Å²) in [6.45, 7) is 5.64. The largest absolute Gasteiger partial charge is 0.335 e. The van der Waals surface area contributed by atoms with Crippen LogP contribution in [0.15, 0.2) is 60.7 Å². The molecule has 1 aliphatic heterocycles. The Morgan fingerprint density at radius 2 is 1.59 bits per heavy atom. The first-order valence-electron chi connectivity index (χ1n) is 10.6. The van der Waals surface area contributed by atoms with Crippen LogP contribution < -0.4 is 5.32 Å². The topological polar surface area (TPSA) is 65.5 Å². The molecule has 0 saturated carbocycles. The first-order chi connectivity index (χ1) is 15.4. The van der Waals surface area contributed by atoms with Crippen LogP contribution in [0.5, 0.6) is 0 Å². The van der Waals surface area contributed by atoms with Gasteiger partial charge in [0.15, 0.2) is 0 Å². The molecule has 2 aromatic carbocycles. The number of urea groups is 1. The fraction of sp³-hybridized carbons (Fsp3) is 0.240. The monoisotopic (exact) mass is 448 g/mol. The van der Waals surface area contributed by atoms with E-state index in [2.05, 4.69) is 10.3 Å². The van der Waals surface area contributed by atoms with Crippen molar-refractivity contribution >= 4 is 29.2 Å². The molecule has 3 amide bonds. The van der Waals surface area contributed by atoms with Gasteiger partial charge in [-0.2, -0.15) is 0 Å². The zero-order valence-electron chi connectivity index (χ0n) is 18.1. The number of carbonyl (C=O) groups is 2. The molecule has 2 heterocycles. The van der Waals surface area contributed by atoms with Crippen LogP contribution in [0.3, 0.4) is 0 Å². The van der Waals surface area contributed by atoms with Gasteiger partial charge in [0.25, 0.3) is 5.91 Å². The molecule has 1 aliphatic rings. The molecule has 0 bridgehead atoms. The summed E-state index contributed by atoms with van der Waals surface area (Å²) in [4.78, 5) is 33.8. The number of pyridine rings is 1. The number of piperazine rings is 1. The van der Waals surface area contributed by atoms with Crippen molar-refractivity contribution < 1.29 is 9.59 Å². The molecule has 1 N–H and O–H groups in total. The number of halogens is 1. The molecule has 7 heteroatoms.